The van der Waals surface area contributed by atoms with Crippen molar-refractivity contribution < 1.29 is 18.0 Å². The summed E-state index contributed by atoms with van der Waals surface area (Å²) in [6.07, 6.45) is 1.40. The molecule has 2 N–H and O–H groups in total. The first-order valence-electron chi connectivity index (χ1n) is 6.35. The molecule has 110 valence electrons. The van der Waals surface area contributed by atoms with Crippen LogP contribution in [0.4, 0.5) is 0 Å². The van der Waals surface area contributed by atoms with Crippen LogP contribution in [0.3, 0.4) is 0 Å². The number of nitrogens with zero attached hydrogens (tertiary/aromatic N) is 1. The van der Waals surface area contributed by atoms with E-state index in [0.29, 0.717) is 18.5 Å². The fraction of sp³-hybridized carbons (Fsp3) is 0.750. The van der Waals surface area contributed by atoms with Gasteiger partial charge in [-0.25, -0.2) is 13.1 Å². The Balaban J connectivity index is 2.93. The predicted octanol–water partition coefficient (Wildman–Crippen LogP) is 1.37. The molecule has 0 amide bonds. The maximum absolute atomic E-state index is 12.2. The zero-order valence-corrected chi connectivity index (χ0v) is 12.7. The van der Waals surface area contributed by atoms with Crippen LogP contribution < -0.4 is 4.72 Å². The fourth-order valence-corrected chi connectivity index (χ4v) is 3.44. The molecule has 1 rings (SSSR count). The van der Waals surface area contributed by atoms with E-state index >= 15 is 0 Å². The van der Waals surface area contributed by atoms with Gasteiger partial charge in [0.15, 0.2) is 5.76 Å². The van der Waals surface area contributed by atoms with Crippen molar-refractivity contribution in [1.82, 2.24) is 9.88 Å². The second-order valence-electron chi connectivity index (χ2n) is 4.84. The van der Waals surface area contributed by atoms with Gasteiger partial charge < -0.3 is 9.63 Å². The minimum atomic E-state index is -3.66. The molecule has 0 aliphatic rings. The number of hydrogen-bond donors (Lipinski definition) is 2. The summed E-state index contributed by atoms with van der Waals surface area (Å²) in [6, 6.07) is 0. The summed E-state index contributed by atoms with van der Waals surface area (Å²) in [4.78, 5) is 0.0894. The van der Waals surface area contributed by atoms with E-state index in [0.717, 1.165) is 0 Å². The zero-order valence-electron chi connectivity index (χ0n) is 11.9. The topological polar surface area (TPSA) is 92.4 Å². The van der Waals surface area contributed by atoms with Gasteiger partial charge in [0.25, 0.3) is 0 Å². The molecule has 1 heterocycles. The first-order valence-corrected chi connectivity index (χ1v) is 7.83. The molecule has 0 fully saturated rings. The van der Waals surface area contributed by atoms with Crippen LogP contribution in [0.15, 0.2) is 9.42 Å². The van der Waals surface area contributed by atoms with E-state index in [-0.39, 0.29) is 23.8 Å². The minimum absolute atomic E-state index is 0.0515. The van der Waals surface area contributed by atoms with Gasteiger partial charge in [0.1, 0.15) is 10.6 Å². The van der Waals surface area contributed by atoms with E-state index in [9.17, 15) is 13.5 Å². The standard InChI is InChI=1S/C12H22N2O4S/c1-5-12(6-2,8-15)7-13-19(16,17)11-9(3)14-18-10(11)4/h13,15H,5-8H2,1-4H3. The highest BCUT2D eigenvalue weighted by atomic mass is 32.2. The van der Waals surface area contributed by atoms with E-state index in [1.54, 1.807) is 13.8 Å². The molecule has 19 heavy (non-hydrogen) atoms. The molecular formula is C12H22N2O4S. The average molecular weight is 290 g/mol. The summed E-state index contributed by atoms with van der Waals surface area (Å²) in [7, 11) is -3.66. The molecule has 7 heteroatoms. The molecule has 0 saturated heterocycles. The van der Waals surface area contributed by atoms with Crippen LogP contribution in [0.5, 0.6) is 0 Å². The lowest BCUT2D eigenvalue weighted by Gasteiger charge is -2.29. The van der Waals surface area contributed by atoms with Gasteiger partial charge in [-0.15, -0.1) is 0 Å². The molecule has 0 spiro atoms. The highest BCUT2D eigenvalue weighted by Gasteiger charge is 2.30. The highest BCUT2D eigenvalue weighted by molar-refractivity contribution is 7.89. The van der Waals surface area contributed by atoms with Crippen molar-refractivity contribution >= 4 is 10.0 Å². The van der Waals surface area contributed by atoms with Gasteiger partial charge in [-0.05, 0) is 26.7 Å². The van der Waals surface area contributed by atoms with Crippen molar-refractivity contribution in [2.45, 2.75) is 45.4 Å². The summed E-state index contributed by atoms with van der Waals surface area (Å²) in [6.45, 7) is 7.17. The lowest BCUT2D eigenvalue weighted by Crippen LogP contribution is -2.39. The van der Waals surface area contributed by atoms with Crippen molar-refractivity contribution in [2.24, 2.45) is 5.41 Å². The van der Waals surface area contributed by atoms with Crippen molar-refractivity contribution in [3.8, 4) is 0 Å². The first-order chi connectivity index (χ1) is 8.82. The van der Waals surface area contributed by atoms with Crippen LogP contribution >= 0.6 is 0 Å². The molecule has 0 aliphatic carbocycles. The maximum Gasteiger partial charge on any atom is 0.245 e. The smallest absolute Gasteiger partial charge is 0.245 e. The van der Waals surface area contributed by atoms with Crippen LogP contribution in [0.2, 0.25) is 0 Å². The Morgan fingerprint density at radius 3 is 2.26 bits per heavy atom. The molecule has 0 bridgehead atoms. The predicted molar refractivity (Wildman–Crippen MR) is 71.3 cm³/mol. The van der Waals surface area contributed by atoms with Gasteiger partial charge in [-0.2, -0.15) is 0 Å². The van der Waals surface area contributed by atoms with E-state index in [4.69, 9.17) is 4.52 Å². The van der Waals surface area contributed by atoms with Gasteiger partial charge in [0, 0.05) is 18.6 Å². The molecule has 1 aromatic heterocycles. The van der Waals surface area contributed by atoms with Crippen LogP contribution in [0, 0.1) is 19.3 Å². The van der Waals surface area contributed by atoms with Gasteiger partial charge in [-0.1, -0.05) is 19.0 Å². The number of nitrogens with one attached hydrogen (secondary N) is 1. The second-order valence-corrected chi connectivity index (χ2v) is 6.55. The SMILES string of the molecule is CCC(CC)(CO)CNS(=O)(=O)c1c(C)noc1C. The fourth-order valence-electron chi connectivity index (χ4n) is 1.96. The zero-order chi connectivity index (χ0) is 14.7. The molecule has 0 aromatic carbocycles. The Bertz CT molecular complexity index is 490. The van der Waals surface area contributed by atoms with Gasteiger partial charge in [-0.3, -0.25) is 0 Å². The van der Waals surface area contributed by atoms with E-state index in [1.807, 2.05) is 13.8 Å². The minimum Gasteiger partial charge on any atom is -0.396 e. The first kappa shape index (κ1) is 16.1. The number of aliphatic hydroxyl groups excluding tert-OH is 1. The normalized spacial score (nSPS) is 12.9. The van der Waals surface area contributed by atoms with E-state index < -0.39 is 15.4 Å². The quantitative estimate of drug-likeness (QED) is 0.791. The van der Waals surface area contributed by atoms with Gasteiger partial charge >= 0.3 is 0 Å². The van der Waals surface area contributed by atoms with Crippen LogP contribution in [-0.2, 0) is 10.0 Å². The Morgan fingerprint density at radius 1 is 1.32 bits per heavy atom. The van der Waals surface area contributed by atoms with Crippen molar-refractivity contribution in [2.75, 3.05) is 13.2 Å². The van der Waals surface area contributed by atoms with Gasteiger partial charge in [0.2, 0.25) is 10.0 Å². The van der Waals surface area contributed by atoms with E-state index in [2.05, 4.69) is 9.88 Å². The average Bonchev–Trinajstić information content (AvgIpc) is 2.72. The maximum atomic E-state index is 12.2. The van der Waals surface area contributed by atoms with Crippen LogP contribution in [0.25, 0.3) is 0 Å². The summed E-state index contributed by atoms with van der Waals surface area (Å²) < 4.78 is 31.9. The third-order valence-corrected chi connectivity index (χ3v) is 5.35. The Labute approximate surface area is 114 Å². The number of aliphatic hydroxyl groups is 1. The molecular weight excluding hydrogens is 268 g/mol. The summed E-state index contributed by atoms with van der Waals surface area (Å²) >= 11 is 0. The molecule has 0 atom stereocenters. The second kappa shape index (κ2) is 6.02. The monoisotopic (exact) mass is 290 g/mol. The molecule has 1 aromatic rings. The number of hydrogen-bond acceptors (Lipinski definition) is 5. The van der Waals surface area contributed by atoms with Crippen LogP contribution in [-0.4, -0.2) is 31.8 Å². The molecule has 0 saturated carbocycles. The largest absolute Gasteiger partial charge is 0.396 e. The Kier molecular flexibility index (Phi) is 5.11. The number of aromatic nitrogens is 1. The summed E-state index contributed by atoms with van der Waals surface area (Å²) in [5.74, 6) is 0.271. The third kappa shape index (κ3) is 3.34. The number of aryl methyl sites for hydroxylation is 2. The Hall–Kier alpha value is -0.920. The van der Waals surface area contributed by atoms with Crippen molar-refractivity contribution in [3.63, 3.8) is 0 Å². The third-order valence-electron chi connectivity index (χ3n) is 3.71. The summed E-state index contributed by atoms with van der Waals surface area (Å²) in [5, 5.41) is 13.1. The summed E-state index contributed by atoms with van der Waals surface area (Å²) in [5.41, 5.74) is -0.0842. The molecule has 0 aliphatic heterocycles. The number of sulfonamides is 1. The number of rotatable bonds is 7. The molecule has 0 unspecified atom stereocenters. The lowest BCUT2D eigenvalue weighted by atomic mass is 9.84. The highest BCUT2D eigenvalue weighted by Crippen LogP contribution is 2.26. The lowest BCUT2D eigenvalue weighted by molar-refractivity contribution is 0.119. The van der Waals surface area contributed by atoms with E-state index in [1.165, 1.54) is 0 Å². The van der Waals surface area contributed by atoms with Crippen molar-refractivity contribution in [1.29, 1.82) is 0 Å². The Morgan fingerprint density at radius 2 is 1.89 bits per heavy atom. The van der Waals surface area contributed by atoms with Crippen LogP contribution in [0.1, 0.15) is 38.1 Å². The molecule has 0 radical (unpaired) electrons. The van der Waals surface area contributed by atoms with Gasteiger partial charge in [0.05, 0.1) is 0 Å². The van der Waals surface area contributed by atoms with Crippen molar-refractivity contribution in [3.05, 3.63) is 11.5 Å². The molecule has 6 nitrogen and oxygen atoms in total.